The van der Waals surface area contributed by atoms with Crippen LogP contribution in [0.25, 0.3) is 0 Å². The highest BCUT2D eigenvalue weighted by atomic mass is 32.2. The summed E-state index contributed by atoms with van der Waals surface area (Å²) in [6.07, 6.45) is 6.71. The Morgan fingerprint density at radius 2 is 1.52 bits per heavy atom. The van der Waals surface area contributed by atoms with Crippen molar-refractivity contribution in [3.63, 3.8) is 0 Å². The molecule has 2 fully saturated rings. The van der Waals surface area contributed by atoms with Crippen molar-refractivity contribution in [2.24, 2.45) is 0 Å². The summed E-state index contributed by atoms with van der Waals surface area (Å²) in [4.78, 5) is 27.1. The van der Waals surface area contributed by atoms with Crippen LogP contribution in [0, 0.1) is 6.92 Å². The van der Waals surface area contributed by atoms with Crippen LogP contribution in [0.4, 0.5) is 0 Å². The van der Waals surface area contributed by atoms with Gasteiger partial charge in [0.05, 0.1) is 11.8 Å². The number of rotatable bonds is 6. The first kappa shape index (κ1) is 23.4. The molecular formula is C22H29N5O5S. The Hall–Kier alpha value is -2.79. The van der Waals surface area contributed by atoms with Gasteiger partial charge in [-0.2, -0.15) is 0 Å². The molecule has 0 N–H and O–H groups in total. The highest BCUT2D eigenvalue weighted by Crippen LogP contribution is 2.28. The molecule has 0 aliphatic carbocycles. The van der Waals surface area contributed by atoms with Crippen LogP contribution in [0.2, 0.25) is 0 Å². The zero-order chi connectivity index (χ0) is 23.4. The lowest BCUT2D eigenvalue weighted by Gasteiger charge is -2.32. The molecule has 0 saturated carbocycles. The van der Waals surface area contributed by atoms with E-state index in [4.69, 9.17) is 9.47 Å². The van der Waals surface area contributed by atoms with Crippen molar-refractivity contribution < 1.29 is 22.7 Å². The molecule has 178 valence electrons. The second kappa shape index (κ2) is 10.0. The summed E-state index contributed by atoms with van der Waals surface area (Å²) in [5.74, 6) is 0.869. The molecule has 0 aromatic carbocycles. The van der Waals surface area contributed by atoms with Gasteiger partial charge >= 0.3 is 0 Å². The summed E-state index contributed by atoms with van der Waals surface area (Å²) in [6.45, 7) is 3.91. The number of pyridine rings is 1. The summed E-state index contributed by atoms with van der Waals surface area (Å²) in [5.41, 5.74) is 1.17. The van der Waals surface area contributed by atoms with E-state index in [0.29, 0.717) is 69.3 Å². The Bertz CT molecular complexity index is 1070. The van der Waals surface area contributed by atoms with Gasteiger partial charge in [0, 0.05) is 45.2 Å². The molecule has 2 saturated heterocycles. The summed E-state index contributed by atoms with van der Waals surface area (Å²) in [6, 6.07) is 5.32. The second-order valence-corrected chi connectivity index (χ2v) is 10.4. The average molecular weight is 476 g/mol. The third-order valence-corrected chi connectivity index (χ3v) is 7.33. The SMILES string of the molecule is Cc1c(OC2CCN(C(=O)c3ccccn3)CC2)ncnc1OC1CCN(S(C)(=O)=O)CC1. The number of hydrogen-bond donors (Lipinski definition) is 0. The van der Waals surface area contributed by atoms with E-state index in [2.05, 4.69) is 15.0 Å². The number of amides is 1. The lowest BCUT2D eigenvalue weighted by Crippen LogP contribution is -2.42. The maximum atomic E-state index is 12.6. The van der Waals surface area contributed by atoms with E-state index in [1.807, 2.05) is 13.0 Å². The van der Waals surface area contributed by atoms with E-state index in [0.717, 1.165) is 5.56 Å². The predicted molar refractivity (Wildman–Crippen MR) is 121 cm³/mol. The first-order valence-electron chi connectivity index (χ1n) is 11.1. The largest absolute Gasteiger partial charge is 0.474 e. The molecule has 0 bridgehead atoms. The molecule has 4 heterocycles. The van der Waals surface area contributed by atoms with Gasteiger partial charge in [0.2, 0.25) is 21.8 Å². The monoisotopic (exact) mass is 475 g/mol. The number of likely N-dealkylation sites (tertiary alicyclic amines) is 1. The number of piperidine rings is 2. The molecule has 1 amide bonds. The summed E-state index contributed by atoms with van der Waals surface area (Å²) in [5, 5.41) is 0. The summed E-state index contributed by atoms with van der Waals surface area (Å²) < 4.78 is 37.1. The topological polar surface area (TPSA) is 115 Å². The zero-order valence-corrected chi connectivity index (χ0v) is 19.7. The van der Waals surface area contributed by atoms with Crippen LogP contribution in [-0.2, 0) is 10.0 Å². The highest BCUT2D eigenvalue weighted by molar-refractivity contribution is 7.88. The van der Waals surface area contributed by atoms with E-state index >= 15 is 0 Å². The Morgan fingerprint density at radius 1 is 0.939 bits per heavy atom. The smallest absolute Gasteiger partial charge is 0.272 e. The normalized spacial score (nSPS) is 18.8. The number of ether oxygens (including phenoxy) is 2. The van der Waals surface area contributed by atoms with E-state index in [1.54, 1.807) is 23.2 Å². The van der Waals surface area contributed by atoms with Gasteiger partial charge in [0.1, 0.15) is 24.2 Å². The van der Waals surface area contributed by atoms with Crippen molar-refractivity contribution in [2.45, 2.75) is 44.8 Å². The van der Waals surface area contributed by atoms with Crippen LogP contribution >= 0.6 is 0 Å². The maximum Gasteiger partial charge on any atom is 0.272 e. The lowest BCUT2D eigenvalue weighted by molar-refractivity contribution is 0.0579. The average Bonchev–Trinajstić information content (AvgIpc) is 2.82. The molecule has 10 nitrogen and oxygen atoms in total. The molecule has 0 spiro atoms. The minimum absolute atomic E-state index is 0.0581. The Kier molecular flexibility index (Phi) is 7.08. The Balaban J connectivity index is 1.31. The number of carbonyl (C=O) groups is 1. The summed E-state index contributed by atoms with van der Waals surface area (Å²) in [7, 11) is -3.17. The van der Waals surface area contributed by atoms with Gasteiger partial charge in [-0.1, -0.05) is 6.07 Å². The van der Waals surface area contributed by atoms with Crippen LogP contribution in [0.3, 0.4) is 0 Å². The number of nitrogens with zero attached hydrogens (tertiary/aromatic N) is 5. The summed E-state index contributed by atoms with van der Waals surface area (Å²) >= 11 is 0. The standard InChI is InChI=1S/C22H29N5O5S/c1-16-20(24-15-25-21(16)32-18-8-13-27(14-9-18)33(2,29)30)31-17-6-11-26(12-7-17)22(28)19-5-3-4-10-23-19/h3-5,10,15,17-18H,6-9,11-14H2,1-2H3. The third-order valence-electron chi connectivity index (χ3n) is 6.03. The van der Waals surface area contributed by atoms with Crippen LogP contribution in [0.15, 0.2) is 30.7 Å². The van der Waals surface area contributed by atoms with E-state index < -0.39 is 10.0 Å². The van der Waals surface area contributed by atoms with Crippen LogP contribution in [-0.4, -0.2) is 83.1 Å². The van der Waals surface area contributed by atoms with E-state index in [1.165, 1.54) is 16.9 Å². The molecular weight excluding hydrogens is 446 g/mol. The fraction of sp³-hybridized carbons (Fsp3) is 0.545. The Labute approximate surface area is 194 Å². The number of carbonyl (C=O) groups excluding carboxylic acids is 1. The molecule has 0 unspecified atom stereocenters. The van der Waals surface area contributed by atoms with Crippen LogP contribution in [0.1, 0.15) is 41.7 Å². The Morgan fingerprint density at radius 3 is 2.03 bits per heavy atom. The van der Waals surface area contributed by atoms with Gasteiger partial charge in [-0.15, -0.1) is 0 Å². The van der Waals surface area contributed by atoms with E-state index in [-0.39, 0.29) is 18.1 Å². The van der Waals surface area contributed by atoms with Crippen molar-refractivity contribution in [3.05, 3.63) is 42.0 Å². The van der Waals surface area contributed by atoms with Gasteiger partial charge in [0.25, 0.3) is 5.91 Å². The van der Waals surface area contributed by atoms with Gasteiger partial charge in [0.15, 0.2) is 0 Å². The number of sulfonamides is 1. The van der Waals surface area contributed by atoms with E-state index in [9.17, 15) is 13.2 Å². The second-order valence-electron chi connectivity index (χ2n) is 8.41. The molecule has 2 aromatic rings. The molecule has 0 radical (unpaired) electrons. The fourth-order valence-corrected chi connectivity index (χ4v) is 4.96. The molecule has 33 heavy (non-hydrogen) atoms. The molecule has 2 aliphatic heterocycles. The van der Waals surface area contributed by atoms with Gasteiger partial charge in [-0.05, 0) is 31.9 Å². The van der Waals surface area contributed by atoms with Crippen LogP contribution < -0.4 is 9.47 Å². The highest BCUT2D eigenvalue weighted by Gasteiger charge is 2.28. The molecule has 11 heteroatoms. The minimum Gasteiger partial charge on any atom is -0.474 e. The van der Waals surface area contributed by atoms with Crippen molar-refractivity contribution in [1.82, 2.24) is 24.2 Å². The van der Waals surface area contributed by atoms with Crippen LogP contribution in [0.5, 0.6) is 11.8 Å². The van der Waals surface area contributed by atoms with Crippen molar-refractivity contribution in [1.29, 1.82) is 0 Å². The predicted octanol–water partition coefficient (Wildman–Crippen LogP) is 1.67. The number of aromatic nitrogens is 3. The van der Waals surface area contributed by atoms with Crippen molar-refractivity contribution in [2.75, 3.05) is 32.4 Å². The van der Waals surface area contributed by atoms with Crippen molar-refractivity contribution in [3.8, 4) is 11.8 Å². The first-order chi connectivity index (χ1) is 15.8. The fourth-order valence-electron chi connectivity index (χ4n) is 4.08. The first-order valence-corrected chi connectivity index (χ1v) is 13.0. The minimum atomic E-state index is -3.17. The zero-order valence-electron chi connectivity index (χ0n) is 18.9. The lowest BCUT2D eigenvalue weighted by atomic mass is 10.1. The molecule has 0 atom stereocenters. The molecule has 2 aromatic heterocycles. The molecule has 2 aliphatic rings. The number of hydrogen-bond acceptors (Lipinski definition) is 8. The third kappa shape index (κ3) is 5.77. The quantitative estimate of drug-likeness (QED) is 0.620. The van der Waals surface area contributed by atoms with Crippen molar-refractivity contribution >= 4 is 15.9 Å². The van der Waals surface area contributed by atoms with Gasteiger partial charge in [-0.3, -0.25) is 9.78 Å². The molecule has 4 rings (SSSR count). The maximum absolute atomic E-state index is 12.6. The van der Waals surface area contributed by atoms with Gasteiger partial charge < -0.3 is 14.4 Å². The van der Waals surface area contributed by atoms with Gasteiger partial charge in [-0.25, -0.2) is 22.7 Å².